The summed E-state index contributed by atoms with van der Waals surface area (Å²) in [6.07, 6.45) is 12.0. The summed E-state index contributed by atoms with van der Waals surface area (Å²) in [5, 5.41) is 0. The molecule has 1 unspecified atom stereocenters. The summed E-state index contributed by atoms with van der Waals surface area (Å²) in [4.78, 5) is 25.6. The molecule has 2 aliphatic carbocycles. The first kappa shape index (κ1) is 19.9. The molecule has 4 nitrogen and oxygen atoms in total. The third-order valence-electron chi connectivity index (χ3n) is 7.23. The Bertz CT molecular complexity index is 611. The van der Waals surface area contributed by atoms with Gasteiger partial charge in [0.2, 0.25) is 5.60 Å². The van der Waals surface area contributed by atoms with E-state index >= 15 is 0 Å². The molecule has 3 aliphatic rings. The molecular formula is C21H31BrO4. The van der Waals surface area contributed by atoms with Gasteiger partial charge in [-0.05, 0) is 45.4 Å². The number of ether oxygens (including phenoxy) is 2. The smallest absolute Gasteiger partial charge is 0.351 e. The van der Waals surface area contributed by atoms with Gasteiger partial charge in [-0.1, -0.05) is 61.5 Å². The van der Waals surface area contributed by atoms with Crippen LogP contribution in [0.15, 0.2) is 10.6 Å². The van der Waals surface area contributed by atoms with Crippen LogP contribution in [0.1, 0.15) is 85.0 Å². The molecule has 1 heterocycles. The van der Waals surface area contributed by atoms with Gasteiger partial charge in [-0.15, -0.1) is 0 Å². The number of hydrogen-bond donors (Lipinski definition) is 0. The lowest BCUT2D eigenvalue weighted by molar-refractivity contribution is -0.185. The lowest BCUT2D eigenvalue weighted by atomic mass is 9.66. The van der Waals surface area contributed by atoms with Crippen molar-refractivity contribution in [1.29, 1.82) is 0 Å². The number of carbonyl (C=O) groups is 2. The number of halogens is 1. The third kappa shape index (κ3) is 3.04. The molecular weight excluding hydrogens is 396 g/mol. The second kappa shape index (κ2) is 7.29. The fourth-order valence-electron chi connectivity index (χ4n) is 4.73. The minimum Gasteiger partial charge on any atom is -0.454 e. The van der Waals surface area contributed by atoms with Crippen molar-refractivity contribution in [2.75, 3.05) is 0 Å². The number of hydrogen-bond acceptors (Lipinski definition) is 4. The zero-order chi connectivity index (χ0) is 19.0. The molecule has 0 aromatic heterocycles. The Labute approximate surface area is 165 Å². The molecule has 26 heavy (non-hydrogen) atoms. The van der Waals surface area contributed by atoms with Crippen molar-refractivity contribution in [1.82, 2.24) is 0 Å². The average Bonchev–Trinajstić information content (AvgIpc) is 2.86. The summed E-state index contributed by atoms with van der Waals surface area (Å²) in [6, 6.07) is 0. The fourth-order valence-corrected chi connectivity index (χ4v) is 5.28. The van der Waals surface area contributed by atoms with Crippen LogP contribution < -0.4 is 0 Å². The Balaban J connectivity index is 1.78. The van der Waals surface area contributed by atoms with E-state index < -0.39 is 16.4 Å². The van der Waals surface area contributed by atoms with Gasteiger partial charge in [0.15, 0.2) is 0 Å². The predicted molar refractivity (Wildman–Crippen MR) is 104 cm³/mol. The van der Waals surface area contributed by atoms with Crippen LogP contribution >= 0.6 is 15.9 Å². The second-order valence-electron chi connectivity index (χ2n) is 8.86. The Kier molecular flexibility index (Phi) is 5.58. The van der Waals surface area contributed by atoms with Gasteiger partial charge in [0.25, 0.3) is 0 Å². The van der Waals surface area contributed by atoms with E-state index in [1.807, 2.05) is 20.8 Å². The van der Waals surface area contributed by atoms with Gasteiger partial charge >= 0.3 is 11.9 Å². The van der Waals surface area contributed by atoms with Crippen molar-refractivity contribution < 1.29 is 19.1 Å². The Morgan fingerprint density at radius 1 is 1.12 bits per heavy atom. The van der Waals surface area contributed by atoms with E-state index in [0.29, 0.717) is 12.8 Å². The van der Waals surface area contributed by atoms with Crippen LogP contribution in [0.25, 0.3) is 0 Å². The van der Waals surface area contributed by atoms with E-state index in [2.05, 4.69) is 22.0 Å². The van der Waals surface area contributed by atoms with E-state index in [9.17, 15) is 9.59 Å². The largest absolute Gasteiger partial charge is 0.454 e. The molecule has 2 fully saturated rings. The molecule has 1 saturated carbocycles. The molecule has 0 aromatic rings. The minimum atomic E-state index is -1.14. The maximum atomic E-state index is 13.2. The first-order chi connectivity index (χ1) is 12.2. The van der Waals surface area contributed by atoms with Crippen molar-refractivity contribution >= 4 is 27.9 Å². The summed E-state index contributed by atoms with van der Waals surface area (Å²) in [5.74, 6) is -0.634. The van der Waals surface area contributed by atoms with Gasteiger partial charge in [-0.2, -0.15) is 0 Å². The highest BCUT2D eigenvalue weighted by Gasteiger charge is 2.76. The minimum absolute atomic E-state index is 0.261. The van der Waals surface area contributed by atoms with Crippen LogP contribution in [0, 0.1) is 10.8 Å². The van der Waals surface area contributed by atoms with E-state index in [1.54, 1.807) is 0 Å². The number of fused-ring (bicyclic) bond motifs is 2. The lowest BCUT2D eigenvalue weighted by Crippen LogP contribution is -2.49. The monoisotopic (exact) mass is 426 g/mol. The van der Waals surface area contributed by atoms with Crippen LogP contribution in [0.5, 0.6) is 0 Å². The quantitative estimate of drug-likeness (QED) is 0.552. The molecule has 146 valence electrons. The number of allylic oxidation sites excluding steroid dienone is 1. The van der Waals surface area contributed by atoms with Crippen LogP contribution in [0.3, 0.4) is 0 Å². The Morgan fingerprint density at radius 2 is 1.77 bits per heavy atom. The molecule has 0 spiro atoms. The van der Waals surface area contributed by atoms with Crippen LogP contribution in [-0.2, 0) is 19.1 Å². The lowest BCUT2D eigenvalue weighted by Gasteiger charge is -2.35. The molecule has 0 amide bonds. The van der Waals surface area contributed by atoms with Crippen molar-refractivity contribution in [3.05, 3.63) is 10.6 Å². The van der Waals surface area contributed by atoms with E-state index in [0.717, 1.165) is 30.2 Å². The highest BCUT2D eigenvalue weighted by atomic mass is 79.9. The van der Waals surface area contributed by atoms with E-state index in [-0.39, 0.29) is 18.0 Å². The highest BCUT2D eigenvalue weighted by Crippen LogP contribution is 2.65. The summed E-state index contributed by atoms with van der Waals surface area (Å²) < 4.78 is 12.6. The molecule has 0 aromatic carbocycles. The number of esters is 2. The molecule has 3 atom stereocenters. The fraction of sp³-hybridized carbons (Fsp3) is 0.810. The van der Waals surface area contributed by atoms with Crippen LogP contribution in [0.4, 0.5) is 0 Å². The summed E-state index contributed by atoms with van der Waals surface area (Å²) >= 11 is 3.64. The molecule has 5 heteroatoms. The maximum Gasteiger partial charge on any atom is 0.351 e. The molecule has 1 saturated heterocycles. The summed E-state index contributed by atoms with van der Waals surface area (Å²) in [6.45, 7) is 5.85. The number of rotatable bonds is 2. The van der Waals surface area contributed by atoms with Crippen molar-refractivity contribution in [3.63, 3.8) is 0 Å². The topological polar surface area (TPSA) is 52.6 Å². The first-order valence-electron chi connectivity index (χ1n) is 10.0. The molecule has 3 rings (SSSR count). The average molecular weight is 427 g/mol. The number of carbonyl (C=O) groups excluding carboxylic acids is 2. The standard InChI is InChI=1S/C21H31BrO4/c1-19(2)20(3)13-14-21(19,26-17(20)23)18(24)25-16-12-10-8-6-4-5-7-9-11-15(16)22/h11,16H,4-10,12-14H2,1-3H3/b15-11+/t16?,20-,21+/m1/s1. The zero-order valence-corrected chi connectivity index (χ0v) is 17.8. The highest BCUT2D eigenvalue weighted by molar-refractivity contribution is 9.11. The second-order valence-corrected chi connectivity index (χ2v) is 9.77. The van der Waals surface area contributed by atoms with Crippen LogP contribution in [-0.4, -0.2) is 23.6 Å². The zero-order valence-electron chi connectivity index (χ0n) is 16.2. The van der Waals surface area contributed by atoms with Gasteiger partial charge in [0.05, 0.1) is 5.41 Å². The van der Waals surface area contributed by atoms with E-state index in [4.69, 9.17) is 9.47 Å². The Hall–Kier alpha value is -0.840. The molecule has 2 bridgehead atoms. The van der Waals surface area contributed by atoms with Crippen molar-refractivity contribution in [2.24, 2.45) is 10.8 Å². The normalized spacial score (nSPS) is 39.5. The van der Waals surface area contributed by atoms with Crippen LogP contribution in [0.2, 0.25) is 0 Å². The van der Waals surface area contributed by atoms with Crippen molar-refractivity contribution in [3.8, 4) is 0 Å². The molecule has 0 N–H and O–H groups in total. The van der Waals surface area contributed by atoms with Crippen molar-refractivity contribution in [2.45, 2.75) is 96.7 Å². The summed E-state index contributed by atoms with van der Waals surface area (Å²) in [7, 11) is 0. The molecule has 1 aliphatic heterocycles. The predicted octanol–water partition coefficient (Wildman–Crippen LogP) is 5.43. The van der Waals surface area contributed by atoms with Gasteiger partial charge < -0.3 is 9.47 Å². The Morgan fingerprint density at radius 3 is 2.38 bits per heavy atom. The van der Waals surface area contributed by atoms with E-state index in [1.165, 1.54) is 25.7 Å². The van der Waals surface area contributed by atoms with Gasteiger partial charge in [-0.3, -0.25) is 4.79 Å². The summed E-state index contributed by atoms with van der Waals surface area (Å²) in [5.41, 5.74) is -2.30. The van der Waals surface area contributed by atoms with Gasteiger partial charge in [0, 0.05) is 9.90 Å². The SMILES string of the molecule is CC1(C)[C@@]2(C(=O)OC3CCCCCCCC/C=C\3Br)CC[C@]1(C)C(=O)O2. The maximum absolute atomic E-state index is 13.2. The van der Waals surface area contributed by atoms with Gasteiger partial charge in [-0.25, -0.2) is 4.79 Å². The van der Waals surface area contributed by atoms with Gasteiger partial charge in [0.1, 0.15) is 6.10 Å². The molecule has 0 radical (unpaired) electrons. The third-order valence-corrected chi connectivity index (χ3v) is 8.06. The first-order valence-corrected chi connectivity index (χ1v) is 10.8.